The molecule has 0 bridgehead atoms. The molecule has 1 aliphatic heterocycles. The van der Waals surface area contributed by atoms with E-state index < -0.39 is 0 Å². The zero-order valence-electron chi connectivity index (χ0n) is 13.0. The molecule has 2 aromatic rings. The van der Waals surface area contributed by atoms with Gasteiger partial charge in [0.15, 0.2) is 0 Å². The van der Waals surface area contributed by atoms with Crippen molar-refractivity contribution in [2.75, 3.05) is 22.9 Å². The molecule has 1 saturated carbocycles. The quantitative estimate of drug-likeness (QED) is 0.869. The molecule has 2 fully saturated rings. The SMILES string of the molecule is N#Cc1ccccc1N1CCC(N(c2ccncn2)C2CC2)C1. The Morgan fingerprint density at radius 2 is 2.00 bits per heavy atom. The van der Waals surface area contributed by atoms with Gasteiger partial charge < -0.3 is 9.80 Å². The second-order valence-electron chi connectivity index (χ2n) is 6.22. The Hall–Kier alpha value is -2.61. The average Bonchev–Trinajstić information content (AvgIpc) is 3.32. The van der Waals surface area contributed by atoms with E-state index in [0.717, 1.165) is 36.6 Å². The Morgan fingerprint density at radius 3 is 2.74 bits per heavy atom. The average molecular weight is 305 g/mol. The van der Waals surface area contributed by atoms with Crippen molar-refractivity contribution in [3.8, 4) is 6.07 Å². The van der Waals surface area contributed by atoms with E-state index in [1.807, 2.05) is 36.5 Å². The van der Waals surface area contributed by atoms with Crippen LogP contribution in [-0.2, 0) is 0 Å². The molecule has 1 aromatic carbocycles. The Bertz CT molecular complexity index is 720. The highest BCUT2D eigenvalue weighted by Gasteiger charge is 2.38. The van der Waals surface area contributed by atoms with Gasteiger partial charge in [-0.3, -0.25) is 0 Å². The van der Waals surface area contributed by atoms with Gasteiger partial charge in [-0.1, -0.05) is 12.1 Å². The van der Waals surface area contributed by atoms with E-state index in [1.165, 1.54) is 12.8 Å². The molecule has 0 spiro atoms. The van der Waals surface area contributed by atoms with Gasteiger partial charge in [0.05, 0.1) is 11.3 Å². The molecule has 1 aliphatic carbocycles. The first-order chi connectivity index (χ1) is 11.4. The number of benzene rings is 1. The minimum Gasteiger partial charge on any atom is -0.368 e. The number of rotatable bonds is 4. The predicted octanol–water partition coefficient (Wildman–Crippen LogP) is 2.60. The fourth-order valence-corrected chi connectivity index (χ4v) is 3.49. The maximum Gasteiger partial charge on any atom is 0.132 e. The lowest BCUT2D eigenvalue weighted by atomic mass is 10.2. The predicted molar refractivity (Wildman–Crippen MR) is 89.3 cm³/mol. The summed E-state index contributed by atoms with van der Waals surface area (Å²) >= 11 is 0. The van der Waals surface area contributed by atoms with Crippen molar-refractivity contribution in [1.82, 2.24) is 9.97 Å². The summed E-state index contributed by atoms with van der Waals surface area (Å²) in [5.74, 6) is 1.03. The standard InChI is InChI=1S/C18H19N5/c19-11-14-3-1-2-4-17(14)22-10-8-16(12-22)23(15-5-6-15)18-7-9-20-13-21-18/h1-4,7,9,13,15-16H,5-6,8,10,12H2. The number of nitriles is 1. The molecule has 2 heterocycles. The Kier molecular flexibility index (Phi) is 3.58. The van der Waals surface area contributed by atoms with Crippen LogP contribution in [0.1, 0.15) is 24.8 Å². The molecule has 5 heteroatoms. The van der Waals surface area contributed by atoms with Crippen LogP contribution in [0.5, 0.6) is 0 Å². The minimum atomic E-state index is 0.448. The minimum absolute atomic E-state index is 0.448. The van der Waals surface area contributed by atoms with Crippen LogP contribution in [0.4, 0.5) is 11.5 Å². The molecular formula is C18H19N5. The number of hydrogen-bond donors (Lipinski definition) is 0. The third-order valence-electron chi connectivity index (χ3n) is 4.69. The summed E-state index contributed by atoms with van der Waals surface area (Å²) < 4.78 is 0. The molecule has 23 heavy (non-hydrogen) atoms. The summed E-state index contributed by atoms with van der Waals surface area (Å²) in [4.78, 5) is 13.3. The lowest BCUT2D eigenvalue weighted by Gasteiger charge is -2.30. The summed E-state index contributed by atoms with van der Waals surface area (Å²) in [5.41, 5.74) is 1.81. The molecule has 0 radical (unpaired) electrons. The van der Waals surface area contributed by atoms with Gasteiger partial charge >= 0.3 is 0 Å². The summed E-state index contributed by atoms with van der Waals surface area (Å²) in [7, 11) is 0. The molecule has 0 amide bonds. The summed E-state index contributed by atoms with van der Waals surface area (Å²) in [6.45, 7) is 1.93. The lowest BCUT2D eigenvalue weighted by molar-refractivity contribution is 0.625. The van der Waals surface area contributed by atoms with Gasteiger partial charge in [0.1, 0.15) is 18.2 Å². The molecule has 1 aromatic heterocycles. The first-order valence-electron chi connectivity index (χ1n) is 8.15. The topological polar surface area (TPSA) is 56.1 Å². The van der Waals surface area contributed by atoms with Gasteiger partial charge in [-0.25, -0.2) is 9.97 Å². The van der Waals surface area contributed by atoms with Crippen molar-refractivity contribution in [2.45, 2.75) is 31.3 Å². The van der Waals surface area contributed by atoms with E-state index in [2.05, 4.69) is 25.8 Å². The smallest absolute Gasteiger partial charge is 0.132 e. The highest BCUT2D eigenvalue weighted by molar-refractivity contribution is 5.60. The van der Waals surface area contributed by atoms with E-state index in [9.17, 15) is 5.26 Å². The fourth-order valence-electron chi connectivity index (χ4n) is 3.49. The van der Waals surface area contributed by atoms with Crippen molar-refractivity contribution in [3.05, 3.63) is 48.4 Å². The van der Waals surface area contributed by atoms with E-state index in [1.54, 1.807) is 6.33 Å². The van der Waals surface area contributed by atoms with E-state index >= 15 is 0 Å². The molecule has 116 valence electrons. The van der Waals surface area contributed by atoms with E-state index in [0.29, 0.717) is 12.1 Å². The monoisotopic (exact) mass is 305 g/mol. The van der Waals surface area contributed by atoms with Crippen molar-refractivity contribution in [2.24, 2.45) is 0 Å². The maximum atomic E-state index is 9.33. The molecule has 2 aliphatic rings. The molecule has 4 rings (SSSR count). The zero-order valence-corrected chi connectivity index (χ0v) is 13.0. The zero-order chi connectivity index (χ0) is 15.6. The van der Waals surface area contributed by atoms with Gasteiger partial charge in [0.25, 0.3) is 0 Å². The van der Waals surface area contributed by atoms with Crippen LogP contribution in [-0.4, -0.2) is 35.1 Å². The third kappa shape index (κ3) is 2.72. The maximum absolute atomic E-state index is 9.33. The van der Waals surface area contributed by atoms with Gasteiger partial charge in [0, 0.05) is 31.4 Å². The van der Waals surface area contributed by atoms with E-state index in [4.69, 9.17) is 0 Å². The first kappa shape index (κ1) is 14.0. The van der Waals surface area contributed by atoms with Crippen molar-refractivity contribution in [1.29, 1.82) is 5.26 Å². The van der Waals surface area contributed by atoms with Gasteiger partial charge in [-0.15, -0.1) is 0 Å². The number of aromatic nitrogens is 2. The third-order valence-corrected chi connectivity index (χ3v) is 4.69. The van der Waals surface area contributed by atoms with Gasteiger partial charge in [-0.2, -0.15) is 5.26 Å². The lowest BCUT2D eigenvalue weighted by Crippen LogP contribution is -2.40. The molecule has 1 unspecified atom stereocenters. The second kappa shape index (κ2) is 5.88. The molecule has 5 nitrogen and oxygen atoms in total. The van der Waals surface area contributed by atoms with Crippen LogP contribution < -0.4 is 9.80 Å². The summed E-state index contributed by atoms with van der Waals surface area (Å²) in [6.07, 6.45) is 7.03. The van der Waals surface area contributed by atoms with Crippen LogP contribution in [0.15, 0.2) is 42.9 Å². The van der Waals surface area contributed by atoms with Crippen molar-refractivity contribution in [3.63, 3.8) is 0 Å². The van der Waals surface area contributed by atoms with Crippen LogP contribution in [0.2, 0.25) is 0 Å². The Balaban J connectivity index is 1.56. The highest BCUT2D eigenvalue weighted by atomic mass is 15.3. The van der Waals surface area contributed by atoms with Crippen LogP contribution in [0.25, 0.3) is 0 Å². The summed E-state index contributed by atoms with van der Waals surface area (Å²) in [6, 6.07) is 13.2. The first-order valence-corrected chi connectivity index (χ1v) is 8.15. The fraction of sp³-hybridized carbons (Fsp3) is 0.389. The van der Waals surface area contributed by atoms with Crippen LogP contribution in [0, 0.1) is 11.3 Å². The molecule has 1 atom stereocenters. The Labute approximate surface area is 136 Å². The van der Waals surface area contributed by atoms with Crippen molar-refractivity contribution < 1.29 is 0 Å². The number of nitrogens with zero attached hydrogens (tertiary/aromatic N) is 5. The van der Waals surface area contributed by atoms with Crippen LogP contribution >= 0.6 is 0 Å². The summed E-state index contributed by atoms with van der Waals surface area (Å²) in [5, 5.41) is 9.33. The molecular weight excluding hydrogens is 286 g/mol. The molecule has 0 N–H and O–H groups in total. The van der Waals surface area contributed by atoms with Gasteiger partial charge in [-0.05, 0) is 37.5 Å². The normalized spacial score (nSPS) is 20.3. The Morgan fingerprint density at radius 1 is 1.13 bits per heavy atom. The van der Waals surface area contributed by atoms with Gasteiger partial charge in [0.2, 0.25) is 0 Å². The number of hydrogen-bond acceptors (Lipinski definition) is 5. The number of para-hydroxylation sites is 1. The highest BCUT2D eigenvalue weighted by Crippen LogP contribution is 2.36. The number of anilines is 2. The van der Waals surface area contributed by atoms with E-state index in [-0.39, 0.29) is 0 Å². The molecule has 1 saturated heterocycles. The van der Waals surface area contributed by atoms with Crippen molar-refractivity contribution >= 4 is 11.5 Å². The second-order valence-corrected chi connectivity index (χ2v) is 6.22. The van der Waals surface area contributed by atoms with Crippen LogP contribution in [0.3, 0.4) is 0 Å². The largest absolute Gasteiger partial charge is 0.368 e.